The standard InChI is InChI=1S/C27H25NO4/c1-2-16-32-22-15-9-14-21(17-22)25(29)23-24(20-12-7-4-8-13-20)28(27(31)26(23)30)18-19-10-5-3-6-11-19/h3-15,17,24,29H,2,16,18H2,1H3/b25-23+. The molecule has 4 rings (SSSR count). The van der Waals surface area contributed by atoms with Crippen molar-refractivity contribution in [2.45, 2.75) is 25.9 Å². The number of aliphatic hydroxyl groups excluding tert-OH is 1. The number of likely N-dealkylation sites (tertiary alicyclic amines) is 1. The van der Waals surface area contributed by atoms with Crippen LogP contribution in [0.2, 0.25) is 0 Å². The first-order valence-corrected chi connectivity index (χ1v) is 10.7. The maximum atomic E-state index is 13.1. The van der Waals surface area contributed by atoms with E-state index in [0.717, 1.165) is 17.5 Å². The molecule has 1 aliphatic rings. The van der Waals surface area contributed by atoms with Gasteiger partial charge in [0.1, 0.15) is 11.5 Å². The Morgan fingerprint density at radius 2 is 1.62 bits per heavy atom. The molecular formula is C27H25NO4. The lowest BCUT2D eigenvalue weighted by atomic mass is 9.95. The van der Waals surface area contributed by atoms with Crippen LogP contribution >= 0.6 is 0 Å². The molecular weight excluding hydrogens is 402 g/mol. The molecule has 3 aromatic carbocycles. The van der Waals surface area contributed by atoms with Crippen LogP contribution in [0.3, 0.4) is 0 Å². The summed E-state index contributed by atoms with van der Waals surface area (Å²) in [5.74, 6) is -0.907. The van der Waals surface area contributed by atoms with E-state index in [4.69, 9.17) is 4.74 Å². The van der Waals surface area contributed by atoms with Crippen LogP contribution in [0, 0.1) is 0 Å². The highest BCUT2D eigenvalue weighted by Gasteiger charge is 2.46. The molecule has 1 saturated heterocycles. The van der Waals surface area contributed by atoms with Crippen LogP contribution in [0.25, 0.3) is 5.76 Å². The number of aliphatic hydroxyl groups is 1. The second-order valence-corrected chi connectivity index (χ2v) is 7.70. The van der Waals surface area contributed by atoms with E-state index in [1.807, 2.05) is 67.6 Å². The SMILES string of the molecule is CCCOc1cccc(/C(O)=C2\C(=O)C(=O)N(Cc3ccccc3)C2c2ccccc2)c1. The molecule has 5 nitrogen and oxygen atoms in total. The van der Waals surface area contributed by atoms with E-state index in [1.165, 1.54) is 4.90 Å². The molecule has 162 valence electrons. The summed E-state index contributed by atoms with van der Waals surface area (Å²) in [5, 5.41) is 11.2. The highest BCUT2D eigenvalue weighted by atomic mass is 16.5. The van der Waals surface area contributed by atoms with Crippen LogP contribution < -0.4 is 4.74 Å². The van der Waals surface area contributed by atoms with Crippen LogP contribution in [0.15, 0.2) is 90.5 Å². The number of hydrogen-bond donors (Lipinski definition) is 1. The van der Waals surface area contributed by atoms with Gasteiger partial charge in [0, 0.05) is 12.1 Å². The van der Waals surface area contributed by atoms with Crippen molar-refractivity contribution in [1.82, 2.24) is 4.90 Å². The fourth-order valence-electron chi connectivity index (χ4n) is 3.91. The first kappa shape index (κ1) is 21.4. The number of benzene rings is 3. The van der Waals surface area contributed by atoms with Gasteiger partial charge in [0.15, 0.2) is 0 Å². The molecule has 1 aliphatic heterocycles. The average Bonchev–Trinajstić information content (AvgIpc) is 3.08. The summed E-state index contributed by atoms with van der Waals surface area (Å²) in [5.41, 5.74) is 2.20. The van der Waals surface area contributed by atoms with E-state index in [-0.39, 0.29) is 17.9 Å². The molecule has 1 unspecified atom stereocenters. The van der Waals surface area contributed by atoms with E-state index < -0.39 is 17.7 Å². The normalized spacial score (nSPS) is 17.5. The van der Waals surface area contributed by atoms with Crippen molar-refractivity contribution in [3.63, 3.8) is 0 Å². The molecule has 1 atom stereocenters. The third kappa shape index (κ3) is 4.28. The summed E-state index contributed by atoms with van der Waals surface area (Å²) in [6, 6.07) is 25.1. The van der Waals surface area contributed by atoms with Gasteiger partial charge >= 0.3 is 0 Å². The van der Waals surface area contributed by atoms with Gasteiger partial charge in [-0.25, -0.2) is 0 Å². The molecule has 1 N–H and O–H groups in total. The fraction of sp³-hybridized carbons (Fsp3) is 0.185. The van der Waals surface area contributed by atoms with Crippen LogP contribution in [-0.4, -0.2) is 28.3 Å². The second-order valence-electron chi connectivity index (χ2n) is 7.70. The van der Waals surface area contributed by atoms with Crippen LogP contribution in [0.4, 0.5) is 0 Å². The lowest BCUT2D eigenvalue weighted by Crippen LogP contribution is -2.29. The van der Waals surface area contributed by atoms with Gasteiger partial charge in [0.25, 0.3) is 11.7 Å². The first-order valence-electron chi connectivity index (χ1n) is 10.7. The molecule has 1 amide bonds. The molecule has 0 spiro atoms. The highest BCUT2D eigenvalue weighted by Crippen LogP contribution is 2.40. The van der Waals surface area contributed by atoms with Crippen molar-refractivity contribution in [2.24, 2.45) is 0 Å². The van der Waals surface area contributed by atoms with Crippen molar-refractivity contribution in [1.29, 1.82) is 0 Å². The van der Waals surface area contributed by atoms with E-state index in [2.05, 4.69) is 0 Å². The molecule has 0 aliphatic carbocycles. The van der Waals surface area contributed by atoms with Gasteiger partial charge in [-0.15, -0.1) is 0 Å². The molecule has 32 heavy (non-hydrogen) atoms. The van der Waals surface area contributed by atoms with Crippen molar-refractivity contribution in [2.75, 3.05) is 6.61 Å². The number of ketones is 1. The number of ether oxygens (including phenoxy) is 1. The summed E-state index contributed by atoms with van der Waals surface area (Å²) in [4.78, 5) is 27.7. The molecule has 0 bridgehead atoms. The second kappa shape index (κ2) is 9.52. The number of nitrogens with zero attached hydrogens (tertiary/aromatic N) is 1. The molecule has 1 heterocycles. The lowest BCUT2D eigenvalue weighted by molar-refractivity contribution is -0.140. The van der Waals surface area contributed by atoms with E-state index in [1.54, 1.807) is 24.3 Å². The van der Waals surface area contributed by atoms with Gasteiger partial charge in [0.2, 0.25) is 0 Å². The number of Topliss-reactive ketones (excluding diaryl/α,β-unsaturated/α-hetero) is 1. The Balaban J connectivity index is 1.80. The van der Waals surface area contributed by atoms with Crippen LogP contribution in [0.5, 0.6) is 5.75 Å². The van der Waals surface area contributed by atoms with Gasteiger partial charge in [-0.2, -0.15) is 0 Å². The van der Waals surface area contributed by atoms with Crippen molar-refractivity contribution in [3.8, 4) is 5.75 Å². The van der Waals surface area contributed by atoms with Gasteiger partial charge in [0.05, 0.1) is 18.2 Å². The summed E-state index contributed by atoms with van der Waals surface area (Å²) >= 11 is 0. The predicted octanol–water partition coefficient (Wildman–Crippen LogP) is 5.10. The molecule has 0 saturated carbocycles. The maximum Gasteiger partial charge on any atom is 0.295 e. The minimum atomic E-state index is -0.688. The largest absolute Gasteiger partial charge is 0.507 e. The summed E-state index contributed by atoms with van der Waals surface area (Å²) in [6.45, 7) is 2.83. The number of carbonyl (C=O) groups is 2. The highest BCUT2D eigenvalue weighted by molar-refractivity contribution is 6.46. The summed E-state index contributed by atoms with van der Waals surface area (Å²) in [6.07, 6.45) is 0.856. The minimum Gasteiger partial charge on any atom is -0.507 e. The average molecular weight is 428 g/mol. The van der Waals surface area contributed by atoms with Crippen LogP contribution in [0.1, 0.15) is 36.1 Å². The zero-order valence-electron chi connectivity index (χ0n) is 17.9. The van der Waals surface area contributed by atoms with E-state index in [9.17, 15) is 14.7 Å². The smallest absolute Gasteiger partial charge is 0.295 e. The van der Waals surface area contributed by atoms with E-state index in [0.29, 0.717) is 17.9 Å². The summed E-state index contributed by atoms with van der Waals surface area (Å²) in [7, 11) is 0. The Bertz CT molecular complexity index is 1140. The molecule has 0 radical (unpaired) electrons. The van der Waals surface area contributed by atoms with Gasteiger partial charge in [-0.3, -0.25) is 9.59 Å². The van der Waals surface area contributed by atoms with Gasteiger partial charge in [-0.05, 0) is 29.7 Å². The quantitative estimate of drug-likeness (QED) is 0.324. The number of hydrogen-bond acceptors (Lipinski definition) is 4. The number of amides is 1. The first-order chi connectivity index (χ1) is 15.6. The van der Waals surface area contributed by atoms with Gasteiger partial charge in [-0.1, -0.05) is 79.7 Å². The Morgan fingerprint density at radius 1 is 0.938 bits per heavy atom. The Hall–Kier alpha value is -3.86. The van der Waals surface area contributed by atoms with Crippen molar-refractivity contribution in [3.05, 3.63) is 107 Å². The molecule has 5 heteroatoms. The Morgan fingerprint density at radius 3 is 2.31 bits per heavy atom. The Labute approximate surface area is 187 Å². The topological polar surface area (TPSA) is 66.8 Å². The third-order valence-corrected chi connectivity index (χ3v) is 5.43. The molecule has 1 fully saturated rings. The van der Waals surface area contributed by atoms with E-state index >= 15 is 0 Å². The van der Waals surface area contributed by atoms with Crippen molar-refractivity contribution < 1.29 is 19.4 Å². The molecule has 3 aromatic rings. The number of carbonyl (C=O) groups excluding carboxylic acids is 2. The lowest BCUT2D eigenvalue weighted by Gasteiger charge is -2.25. The minimum absolute atomic E-state index is 0.0878. The van der Waals surface area contributed by atoms with Gasteiger partial charge < -0.3 is 14.7 Å². The zero-order chi connectivity index (χ0) is 22.5. The third-order valence-electron chi connectivity index (χ3n) is 5.43. The summed E-state index contributed by atoms with van der Waals surface area (Å²) < 4.78 is 5.67. The molecule has 0 aromatic heterocycles. The monoisotopic (exact) mass is 427 g/mol. The van der Waals surface area contributed by atoms with Crippen molar-refractivity contribution >= 4 is 17.4 Å². The fourth-order valence-corrected chi connectivity index (χ4v) is 3.91. The number of rotatable bonds is 7. The maximum absolute atomic E-state index is 13.1. The predicted molar refractivity (Wildman–Crippen MR) is 123 cm³/mol. The zero-order valence-corrected chi connectivity index (χ0v) is 17.9. The van der Waals surface area contributed by atoms with Crippen LogP contribution in [-0.2, 0) is 16.1 Å². The Kier molecular flexibility index (Phi) is 6.36.